The van der Waals surface area contributed by atoms with Gasteiger partial charge in [0.15, 0.2) is 0 Å². The quantitative estimate of drug-likeness (QED) is 0.474. The van der Waals surface area contributed by atoms with Crippen molar-refractivity contribution in [1.82, 2.24) is 10.3 Å². The molecule has 6 heteroatoms. The van der Waals surface area contributed by atoms with E-state index in [0.717, 1.165) is 17.7 Å². The fourth-order valence-electron chi connectivity index (χ4n) is 3.10. The second kappa shape index (κ2) is 11.0. The summed E-state index contributed by atoms with van der Waals surface area (Å²) in [5, 5.41) is 2.97. The Balaban J connectivity index is 2.45. The van der Waals surface area contributed by atoms with Crippen LogP contribution in [0, 0.1) is 0 Å². The molecule has 160 valence electrons. The molecule has 0 bridgehead atoms. The van der Waals surface area contributed by atoms with E-state index >= 15 is 0 Å². The number of anilines is 1. The summed E-state index contributed by atoms with van der Waals surface area (Å²) >= 11 is 1.73. The van der Waals surface area contributed by atoms with Gasteiger partial charge in [-0.05, 0) is 53.7 Å². The molecule has 0 aliphatic carbocycles. The highest BCUT2D eigenvalue weighted by Gasteiger charge is 2.32. The molecule has 1 atom stereocenters. The third kappa shape index (κ3) is 6.20. The van der Waals surface area contributed by atoms with Crippen molar-refractivity contribution < 1.29 is 9.59 Å². The molecule has 2 amide bonds. The van der Waals surface area contributed by atoms with E-state index in [2.05, 4.69) is 37.7 Å². The molecule has 1 unspecified atom stereocenters. The Labute approximate surface area is 184 Å². The third-order valence-electron chi connectivity index (χ3n) is 4.75. The molecule has 30 heavy (non-hydrogen) atoms. The van der Waals surface area contributed by atoms with E-state index in [4.69, 9.17) is 0 Å². The Morgan fingerprint density at radius 2 is 1.93 bits per heavy atom. The zero-order chi connectivity index (χ0) is 22.1. The maximum absolute atomic E-state index is 13.2. The molecule has 2 aromatic rings. The fourth-order valence-corrected chi connectivity index (χ4v) is 3.54. The van der Waals surface area contributed by atoms with Crippen LogP contribution >= 0.6 is 11.8 Å². The molecule has 1 N–H and O–H groups in total. The van der Waals surface area contributed by atoms with Crippen molar-refractivity contribution in [1.29, 1.82) is 0 Å². The standard InChI is InChI=1S/C24H31N3O2S/c1-6-21(28)27(20-12-10-19(11-13-20)24(2,3)4)22(18-9-7-14-25-17-18)23(29)26-15-8-16-30-5/h6-7,9-14,17,22H,1,8,15-16H2,2-5H3,(H,26,29). The van der Waals surface area contributed by atoms with Gasteiger partial charge in [-0.1, -0.05) is 45.5 Å². The van der Waals surface area contributed by atoms with Gasteiger partial charge in [0.1, 0.15) is 6.04 Å². The summed E-state index contributed by atoms with van der Waals surface area (Å²) in [5.41, 5.74) is 2.43. The first-order valence-corrected chi connectivity index (χ1v) is 11.4. The van der Waals surface area contributed by atoms with Crippen LogP contribution in [0.1, 0.15) is 44.4 Å². The largest absolute Gasteiger partial charge is 0.354 e. The van der Waals surface area contributed by atoms with Crippen molar-refractivity contribution in [2.24, 2.45) is 0 Å². The second-order valence-corrected chi connectivity index (χ2v) is 9.02. The number of hydrogen-bond acceptors (Lipinski definition) is 4. The van der Waals surface area contributed by atoms with Crippen molar-refractivity contribution in [3.8, 4) is 0 Å². The zero-order valence-corrected chi connectivity index (χ0v) is 19.0. The van der Waals surface area contributed by atoms with Crippen LogP contribution < -0.4 is 10.2 Å². The van der Waals surface area contributed by atoms with E-state index in [1.54, 1.807) is 30.2 Å². The summed E-state index contributed by atoms with van der Waals surface area (Å²) in [6.07, 6.45) is 7.41. The molecule has 0 saturated carbocycles. The van der Waals surface area contributed by atoms with E-state index < -0.39 is 6.04 Å². The molecule has 1 aromatic heterocycles. The smallest absolute Gasteiger partial charge is 0.251 e. The molecular weight excluding hydrogens is 394 g/mol. The minimum atomic E-state index is -0.834. The van der Waals surface area contributed by atoms with Crippen molar-refractivity contribution >= 4 is 29.3 Å². The number of pyridine rings is 1. The van der Waals surface area contributed by atoms with Gasteiger partial charge < -0.3 is 5.32 Å². The number of nitrogens with one attached hydrogen (secondary N) is 1. The van der Waals surface area contributed by atoms with Crippen molar-refractivity contribution in [3.63, 3.8) is 0 Å². The van der Waals surface area contributed by atoms with Gasteiger partial charge in [-0.25, -0.2) is 0 Å². The predicted octanol–water partition coefficient (Wildman–Crippen LogP) is 4.51. The van der Waals surface area contributed by atoms with Gasteiger partial charge in [0, 0.05) is 30.2 Å². The van der Waals surface area contributed by atoms with Crippen LogP contribution in [0.3, 0.4) is 0 Å². The number of aromatic nitrogens is 1. The van der Waals surface area contributed by atoms with Crippen LogP contribution in [-0.4, -0.2) is 35.4 Å². The van der Waals surface area contributed by atoms with Crippen LogP contribution in [0.15, 0.2) is 61.4 Å². The molecular formula is C24H31N3O2S. The van der Waals surface area contributed by atoms with E-state index in [9.17, 15) is 9.59 Å². The lowest BCUT2D eigenvalue weighted by molar-refractivity contribution is -0.125. The van der Waals surface area contributed by atoms with E-state index in [1.165, 1.54) is 11.0 Å². The third-order valence-corrected chi connectivity index (χ3v) is 5.45. The Morgan fingerprint density at radius 1 is 1.23 bits per heavy atom. The van der Waals surface area contributed by atoms with Gasteiger partial charge in [-0.2, -0.15) is 11.8 Å². The minimum absolute atomic E-state index is 0.0107. The molecule has 0 fully saturated rings. The monoisotopic (exact) mass is 425 g/mol. The number of thioether (sulfide) groups is 1. The highest BCUT2D eigenvalue weighted by Crippen LogP contribution is 2.30. The molecule has 1 aromatic carbocycles. The molecule has 0 saturated heterocycles. The number of amides is 2. The Bertz CT molecular complexity index is 845. The SMILES string of the molecule is C=CC(=O)N(c1ccc(C(C)(C)C)cc1)C(C(=O)NCCCSC)c1cccnc1. The van der Waals surface area contributed by atoms with Gasteiger partial charge in [-0.15, -0.1) is 0 Å². The summed E-state index contributed by atoms with van der Waals surface area (Å²) in [7, 11) is 0. The van der Waals surface area contributed by atoms with E-state index in [1.807, 2.05) is 36.6 Å². The summed E-state index contributed by atoms with van der Waals surface area (Å²) < 4.78 is 0. The normalized spacial score (nSPS) is 12.1. The number of nitrogens with zero attached hydrogens (tertiary/aromatic N) is 2. The number of carbonyl (C=O) groups excluding carboxylic acids is 2. The maximum Gasteiger partial charge on any atom is 0.251 e. The lowest BCUT2D eigenvalue weighted by Crippen LogP contribution is -2.43. The highest BCUT2D eigenvalue weighted by molar-refractivity contribution is 7.98. The summed E-state index contributed by atoms with van der Waals surface area (Å²) in [6.45, 7) is 10.6. The van der Waals surface area contributed by atoms with Crippen molar-refractivity contribution in [3.05, 3.63) is 72.6 Å². The predicted molar refractivity (Wildman–Crippen MR) is 126 cm³/mol. The first-order valence-electron chi connectivity index (χ1n) is 10.0. The topological polar surface area (TPSA) is 62.3 Å². The average Bonchev–Trinajstić information content (AvgIpc) is 2.74. The van der Waals surface area contributed by atoms with Crippen LogP contribution in [0.5, 0.6) is 0 Å². The molecule has 0 spiro atoms. The lowest BCUT2D eigenvalue weighted by Gasteiger charge is -2.31. The molecule has 0 aliphatic heterocycles. The van der Waals surface area contributed by atoms with Gasteiger partial charge in [-0.3, -0.25) is 19.5 Å². The average molecular weight is 426 g/mol. The highest BCUT2D eigenvalue weighted by atomic mass is 32.2. The second-order valence-electron chi connectivity index (χ2n) is 8.04. The van der Waals surface area contributed by atoms with Gasteiger partial charge in [0.2, 0.25) is 5.91 Å². The van der Waals surface area contributed by atoms with E-state index in [0.29, 0.717) is 17.8 Å². The van der Waals surface area contributed by atoms with Crippen molar-refractivity contribution in [2.45, 2.75) is 38.6 Å². The van der Waals surface area contributed by atoms with Crippen LogP contribution in [0.25, 0.3) is 0 Å². The molecule has 0 aliphatic rings. The lowest BCUT2D eigenvalue weighted by atomic mass is 9.87. The molecule has 1 heterocycles. The summed E-state index contributed by atoms with van der Waals surface area (Å²) in [6, 6.07) is 10.5. The van der Waals surface area contributed by atoms with Crippen LogP contribution in [0.4, 0.5) is 5.69 Å². The van der Waals surface area contributed by atoms with Crippen LogP contribution in [-0.2, 0) is 15.0 Å². The maximum atomic E-state index is 13.2. The van der Waals surface area contributed by atoms with Gasteiger partial charge >= 0.3 is 0 Å². The minimum Gasteiger partial charge on any atom is -0.354 e. The van der Waals surface area contributed by atoms with Gasteiger partial charge in [0.25, 0.3) is 5.91 Å². The molecule has 5 nitrogen and oxygen atoms in total. The number of rotatable bonds is 9. The summed E-state index contributed by atoms with van der Waals surface area (Å²) in [5.74, 6) is 0.382. The fraction of sp³-hybridized carbons (Fsp3) is 0.375. The first kappa shape index (κ1) is 23.7. The molecule has 0 radical (unpaired) electrons. The Hall–Kier alpha value is -2.60. The van der Waals surface area contributed by atoms with Gasteiger partial charge in [0.05, 0.1) is 0 Å². The Kier molecular flexibility index (Phi) is 8.66. The van der Waals surface area contributed by atoms with Crippen LogP contribution in [0.2, 0.25) is 0 Å². The first-order chi connectivity index (χ1) is 14.3. The Morgan fingerprint density at radius 3 is 2.47 bits per heavy atom. The molecule has 2 rings (SSSR count). The summed E-state index contributed by atoms with van der Waals surface area (Å²) in [4.78, 5) is 31.7. The van der Waals surface area contributed by atoms with E-state index in [-0.39, 0.29) is 17.2 Å². The van der Waals surface area contributed by atoms with Crippen molar-refractivity contribution in [2.75, 3.05) is 23.5 Å². The number of carbonyl (C=O) groups is 2. The number of hydrogen-bond donors (Lipinski definition) is 1. The zero-order valence-electron chi connectivity index (χ0n) is 18.2. The number of benzene rings is 1.